The van der Waals surface area contributed by atoms with Crippen LogP contribution in [0.5, 0.6) is 0 Å². The quantitative estimate of drug-likeness (QED) is 0.781. The minimum atomic E-state index is -2.98. The molecule has 6 heteroatoms. The van der Waals surface area contributed by atoms with Crippen LogP contribution in [-0.2, 0) is 21.1 Å². The molecule has 1 aromatic carbocycles. The minimum absolute atomic E-state index is 0.0853. The number of rotatable bonds is 7. The first-order valence-corrected chi connectivity index (χ1v) is 9.24. The first kappa shape index (κ1) is 18.0. The van der Waals surface area contributed by atoms with E-state index in [4.69, 9.17) is 11.6 Å². The van der Waals surface area contributed by atoms with Crippen molar-refractivity contribution < 1.29 is 13.2 Å². The number of carbonyl (C=O) groups is 1. The molecular weight excluding hydrogens is 310 g/mol. The van der Waals surface area contributed by atoms with E-state index in [1.807, 2.05) is 32.0 Å². The highest BCUT2D eigenvalue weighted by atomic mass is 35.5. The highest BCUT2D eigenvalue weighted by Crippen LogP contribution is 2.23. The Balaban J connectivity index is 2.51. The van der Waals surface area contributed by atoms with Crippen molar-refractivity contribution in [3.8, 4) is 0 Å². The summed E-state index contributed by atoms with van der Waals surface area (Å²) in [5.41, 5.74) is 0.425. The second-order valence-corrected chi connectivity index (χ2v) is 8.63. The van der Waals surface area contributed by atoms with E-state index in [1.54, 1.807) is 6.07 Å². The lowest BCUT2D eigenvalue weighted by molar-refractivity contribution is -0.129. The van der Waals surface area contributed by atoms with Gasteiger partial charge in [-0.2, -0.15) is 0 Å². The van der Waals surface area contributed by atoms with Crippen LogP contribution in [0.3, 0.4) is 0 Å². The Kier molecular flexibility index (Phi) is 6.23. The first-order chi connectivity index (χ1) is 9.60. The number of benzene rings is 1. The van der Waals surface area contributed by atoms with Crippen molar-refractivity contribution in [2.75, 3.05) is 18.6 Å². The Bertz CT molecular complexity index is 597. The van der Waals surface area contributed by atoms with Crippen molar-refractivity contribution in [2.24, 2.45) is 5.41 Å². The molecule has 1 rings (SSSR count). The maximum absolute atomic E-state index is 12.2. The molecule has 0 spiro atoms. The molecule has 0 aliphatic carbocycles. The summed E-state index contributed by atoms with van der Waals surface area (Å²) in [6.07, 6.45) is 2.20. The molecule has 0 atom stereocenters. The maximum atomic E-state index is 12.2. The van der Waals surface area contributed by atoms with Crippen LogP contribution in [0.25, 0.3) is 0 Å². The summed E-state index contributed by atoms with van der Waals surface area (Å²) < 4.78 is 22.0. The summed E-state index contributed by atoms with van der Waals surface area (Å²) >= 11 is 5.94. The van der Waals surface area contributed by atoms with Gasteiger partial charge < -0.3 is 5.32 Å². The number of amides is 1. The molecule has 21 heavy (non-hydrogen) atoms. The van der Waals surface area contributed by atoms with Gasteiger partial charge >= 0.3 is 0 Å². The highest BCUT2D eigenvalue weighted by molar-refractivity contribution is 7.90. The largest absolute Gasteiger partial charge is 0.356 e. The molecule has 0 bridgehead atoms. The van der Waals surface area contributed by atoms with Gasteiger partial charge in [-0.1, -0.05) is 37.6 Å². The van der Waals surface area contributed by atoms with Crippen LogP contribution in [0.4, 0.5) is 0 Å². The molecule has 0 aliphatic rings. The summed E-state index contributed by atoms with van der Waals surface area (Å²) in [5.74, 6) is -0.00174. The minimum Gasteiger partial charge on any atom is -0.356 e. The van der Waals surface area contributed by atoms with Gasteiger partial charge in [-0.25, -0.2) is 8.42 Å². The zero-order valence-corrected chi connectivity index (χ0v) is 14.2. The zero-order valence-electron chi connectivity index (χ0n) is 12.6. The SMILES string of the molecule is CC(C)(Cc1cccc(Cl)c1)C(=O)NCCCS(C)(=O)=O. The van der Waals surface area contributed by atoms with E-state index in [1.165, 1.54) is 6.26 Å². The number of sulfone groups is 1. The Morgan fingerprint density at radius 2 is 2.00 bits per heavy atom. The van der Waals surface area contributed by atoms with Crippen molar-refractivity contribution in [1.29, 1.82) is 0 Å². The molecule has 0 saturated carbocycles. The van der Waals surface area contributed by atoms with Gasteiger partial charge in [0.2, 0.25) is 5.91 Å². The topological polar surface area (TPSA) is 63.2 Å². The lowest BCUT2D eigenvalue weighted by atomic mass is 9.85. The van der Waals surface area contributed by atoms with E-state index in [9.17, 15) is 13.2 Å². The van der Waals surface area contributed by atoms with E-state index < -0.39 is 15.3 Å². The highest BCUT2D eigenvalue weighted by Gasteiger charge is 2.27. The van der Waals surface area contributed by atoms with Crippen LogP contribution in [0.15, 0.2) is 24.3 Å². The van der Waals surface area contributed by atoms with Crippen LogP contribution in [0, 0.1) is 5.41 Å². The fraction of sp³-hybridized carbons (Fsp3) is 0.533. The third-order valence-corrected chi connectivity index (χ3v) is 4.39. The fourth-order valence-corrected chi connectivity index (χ4v) is 2.89. The second kappa shape index (κ2) is 7.27. The third-order valence-electron chi connectivity index (χ3n) is 3.13. The van der Waals surface area contributed by atoms with Crippen molar-refractivity contribution in [2.45, 2.75) is 26.7 Å². The molecule has 118 valence electrons. The van der Waals surface area contributed by atoms with Crippen molar-refractivity contribution >= 4 is 27.3 Å². The molecule has 0 saturated heterocycles. The van der Waals surface area contributed by atoms with E-state index in [0.29, 0.717) is 24.4 Å². The van der Waals surface area contributed by atoms with E-state index in [0.717, 1.165) is 5.56 Å². The Hall–Kier alpha value is -1.07. The molecule has 4 nitrogen and oxygen atoms in total. The van der Waals surface area contributed by atoms with Gasteiger partial charge in [0.05, 0.1) is 5.75 Å². The average molecular weight is 332 g/mol. The molecule has 0 radical (unpaired) electrons. The summed E-state index contributed by atoms with van der Waals surface area (Å²) in [4.78, 5) is 12.2. The first-order valence-electron chi connectivity index (χ1n) is 6.81. The Morgan fingerprint density at radius 1 is 1.33 bits per heavy atom. The van der Waals surface area contributed by atoms with E-state index >= 15 is 0 Å². The lowest BCUT2D eigenvalue weighted by Crippen LogP contribution is -2.39. The van der Waals surface area contributed by atoms with Gasteiger partial charge in [0, 0.05) is 23.2 Å². The normalized spacial score (nSPS) is 12.2. The number of nitrogens with one attached hydrogen (secondary N) is 1. The third kappa shape index (κ3) is 6.96. The Labute approximate surface area is 131 Å². The van der Waals surface area contributed by atoms with Gasteiger partial charge in [0.1, 0.15) is 9.84 Å². The van der Waals surface area contributed by atoms with Crippen LogP contribution < -0.4 is 5.32 Å². The number of hydrogen-bond acceptors (Lipinski definition) is 3. The Morgan fingerprint density at radius 3 is 2.57 bits per heavy atom. The molecular formula is C15H22ClNO3S. The molecule has 1 amide bonds. The number of hydrogen-bond donors (Lipinski definition) is 1. The van der Waals surface area contributed by atoms with Gasteiger partial charge in [-0.15, -0.1) is 0 Å². The molecule has 1 aromatic rings. The van der Waals surface area contributed by atoms with Crippen LogP contribution in [0.1, 0.15) is 25.8 Å². The standard InChI is InChI=1S/C15H22ClNO3S/c1-15(2,11-12-6-4-7-13(16)10-12)14(18)17-8-5-9-21(3,19)20/h4,6-7,10H,5,8-9,11H2,1-3H3,(H,17,18). The van der Waals surface area contributed by atoms with Crippen LogP contribution in [-0.4, -0.2) is 32.9 Å². The molecule has 0 fully saturated rings. The van der Waals surface area contributed by atoms with Crippen molar-refractivity contribution in [3.05, 3.63) is 34.9 Å². The predicted molar refractivity (Wildman–Crippen MR) is 86.3 cm³/mol. The molecule has 0 aromatic heterocycles. The molecule has 0 aliphatic heterocycles. The zero-order chi connectivity index (χ0) is 16.1. The van der Waals surface area contributed by atoms with Crippen molar-refractivity contribution in [1.82, 2.24) is 5.32 Å². The van der Waals surface area contributed by atoms with Gasteiger partial charge in [0.15, 0.2) is 0 Å². The van der Waals surface area contributed by atoms with E-state index in [2.05, 4.69) is 5.32 Å². The monoisotopic (exact) mass is 331 g/mol. The lowest BCUT2D eigenvalue weighted by Gasteiger charge is -2.23. The number of halogens is 1. The average Bonchev–Trinajstić information content (AvgIpc) is 2.32. The van der Waals surface area contributed by atoms with E-state index in [-0.39, 0.29) is 11.7 Å². The van der Waals surface area contributed by atoms with Crippen LogP contribution in [0.2, 0.25) is 5.02 Å². The molecule has 1 N–H and O–H groups in total. The van der Waals surface area contributed by atoms with Gasteiger partial charge in [-0.3, -0.25) is 4.79 Å². The summed E-state index contributed by atoms with van der Waals surface area (Å²) in [7, 11) is -2.98. The van der Waals surface area contributed by atoms with Gasteiger partial charge in [-0.05, 0) is 30.5 Å². The smallest absolute Gasteiger partial charge is 0.225 e. The van der Waals surface area contributed by atoms with Crippen molar-refractivity contribution in [3.63, 3.8) is 0 Å². The predicted octanol–water partition coefficient (Wildman–Crippen LogP) is 2.46. The van der Waals surface area contributed by atoms with Crippen LogP contribution >= 0.6 is 11.6 Å². The maximum Gasteiger partial charge on any atom is 0.225 e. The summed E-state index contributed by atoms with van der Waals surface area (Å²) in [5, 5.41) is 3.44. The number of carbonyl (C=O) groups excluding carboxylic acids is 1. The molecule has 0 unspecified atom stereocenters. The fourth-order valence-electron chi connectivity index (χ4n) is 2.01. The molecule has 0 heterocycles. The summed E-state index contributed by atoms with van der Waals surface area (Å²) in [6.45, 7) is 4.09. The summed E-state index contributed by atoms with van der Waals surface area (Å²) in [6, 6.07) is 7.44. The van der Waals surface area contributed by atoms with Gasteiger partial charge in [0.25, 0.3) is 0 Å². The second-order valence-electron chi connectivity index (χ2n) is 5.93.